The van der Waals surface area contributed by atoms with Crippen LogP contribution in [0.3, 0.4) is 0 Å². The second kappa shape index (κ2) is 8.63. The Labute approximate surface area is 169 Å². The number of anilines is 1. The lowest BCUT2D eigenvalue weighted by atomic mass is 10.0. The van der Waals surface area contributed by atoms with E-state index in [-0.39, 0.29) is 5.91 Å². The van der Waals surface area contributed by atoms with Crippen LogP contribution in [0.2, 0.25) is 5.02 Å². The number of amides is 1. The van der Waals surface area contributed by atoms with Gasteiger partial charge in [-0.05, 0) is 41.3 Å². The fourth-order valence-corrected chi connectivity index (χ4v) is 3.57. The van der Waals surface area contributed by atoms with Crippen LogP contribution in [0.1, 0.15) is 25.3 Å². The van der Waals surface area contributed by atoms with Gasteiger partial charge in [0.15, 0.2) is 5.16 Å². The van der Waals surface area contributed by atoms with E-state index in [1.165, 1.54) is 17.3 Å². The van der Waals surface area contributed by atoms with Crippen LogP contribution in [-0.4, -0.2) is 21.2 Å². The summed E-state index contributed by atoms with van der Waals surface area (Å²) in [5.41, 5.74) is 4.09. The summed E-state index contributed by atoms with van der Waals surface area (Å²) in [6.07, 6.45) is 1.81. The molecule has 1 amide bonds. The highest BCUT2D eigenvalue weighted by Gasteiger charge is 2.11. The zero-order valence-electron chi connectivity index (χ0n) is 15.6. The predicted octanol–water partition coefficient (Wildman–Crippen LogP) is 5.59. The molecule has 0 aliphatic rings. The monoisotopic (exact) mass is 399 g/mol. The number of benzene rings is 2. The fourth-order valence-electron chi connectivity index (χ4n) is 2.69. The number of rotatable bonds is 6. The molecule has 1 N–H and O–H groups in total. The Morgan fingerprint density at radius 2 is 1.81 bits per heavy atom. The number of nitrogens with zero attached hydrogens (tertiary/aromatic N) is 2. The van der Waals surface area contributed by atoms with Crippen molar-refractivity contribution in [3.05, 3.63) is 65.3 Å². The van der Waals surface area contributed by atoms with Gasteiger partial charge >= 0.3 is 0 Å². The lowest BCUT2D eigenvalue weighted by Crippen LogP contribution is -2.14. The topological polar surface area (TPSA) is 46.9 Å². The average Bonchev–Trinajstić information content (AvgIpc) is 3.02. The lowest BCUT2D eigenvalue weighted by molar-refractivity contribution is -0.113. The van der Waals surface area contributed by atoms with Crippen LogP contribution in [0.4, 0.5) is 5.69 Å². The minimum absolute atomic E-state index is 0.0478. The summed E-state index contributed by atoms with van der Waals surface area (Å²) in [6.45, 7) is 4.30. The molecule has 0 aliphatic carbocycles. The molecule has 6 heteroatoms. The summed E-state index contributed by atoms with van der Waals surface area (Å²) in [5.74, 6) is 0.730. The summed E-state index contributed by atoms with van der Waals surface area (Å²) in [7, 11) is 1.95. The molecule has 1 heterocycles. The zero-order valence-corrected chi connectivity index (χ0v) is 17.1. The van der Waals surface area contributed by atoms with Crippen LogP contribution in [0, 0.1) is 0 Å². The van der Waals surface area contributed by atoms with Crippen LogP contribution >= 0.6 is 23.4 Å². The summed E-state index contributed by atoms with van der Waals surface area (Å²) >= 11 is 7.36. The minimum atomic E-state index is -0.0478. The number of carbonyl (C=O) groups excluding carboxylic acids is 1. The van der Waals surface area contributed by atoms with Crippen molar-refractivity contribution in [2.75, 3.05) is 11.1 Å². The van der Waals surface area contributed by atoms with Crippen molar-refractivity contribution in [1.82, 2.24) is 9.55 Å². The van der Waals surface area contributed by atoms with Crippen molar-refractivity contribution < 1.29 is 4.79 Å². The van der Waals surface area contributed by atoms with E-state index in [1.54, 1.807) is 0 Å². The van der Waals surface area contributed by atoms with Gasteiger partial charge in [-0.2, -0.15) is 0 Å². The molecule has 0 bridgehead atoms. The SMILES string of the molecule is CC(C)c1ccc(NC(=O)CSc2ncc(-c3ccc(Cl)cc3)n2C)cc1. The highest BCUT2D eigenvalue weighted by Crippen LogP contribution is 2.26. The quantitative estimate of drug-likeness (QED) is 0.549. The number of halogens is 1. The third kappa shape index (κ3) is 4.93. The molecule has 2 aromatic carbocycles. The Morgan fingerprint density at radius 1 is 1.15 bits per heavy atom. The third-order valence-electron chi connectivity index (χ3n) is 4.28. The van der Waals surface area contributed by atoms with E-state index in [0.717, 1.165) is 22.1 Å². The first-order valence-electron chi connectivity index (χ1n) is 8.74. The van der Waals surface area contributed by atoms with Crippen molar-refractivity contribution >= 4 is 35.0 Å². The average molecular weight is 400 g/mol. The van der Waals surface area contributed by atoms with Gasteiger partial charge < -0.3 is 9.88 Å². The number of nitrogens with one attached hydrogen (secondary N) is 1. The number of carbonyl (C=O) groups is 1. The molecule has 0 unspecified atom stereocenters. The van der Waals surface area contributed by atoms with Gasteiger partial charge in [0.2, 0.25) is 5.91 Å². The van der Waals surface area contributed by atoms with E-state index < -0.39 is 0 Å². The molecule has 0 spiro atoms. The lowest BCUT2D eigenvalue weighted by Gasteiger charge is -2.09. The number of thioether (sulfide) groups is 1. The molecular formula is C21H22ClN3OS. The van der Waals surface area contributed by atoms with Crippen molar-refractivity contribution in [1.29, 1.82) is 0 Å². The Balaban J connectivity index is 1.60. The maximum absolute atomic E-state index is 12.2. The van der Waals surface area contributed by atoms with Crippen LogP contribution in [0.5, 0.6) is 0 Å². The van der Waals surface area contributed by atoms with Gasteiger partial charge in [-0.25, -0.2) is 4.98 Å². The van der Waals surface area contributed by atoms with Gasteiger partial charge in [0.05, 0.1) is 17.6 Å². The second-order valence-electron chi connectivity index (χ2n) is 6.61. The molecule has 0 aliphatic heterocycles. The van der Waals surface area contributed by atoms with Gasteiger partial charge in [-0.1, -0.05) is 61.5 Å². The fraction of sp³-hybridized carbons (Fsp3) is 0.238. The Morgan fingerprint density at radius 3 is 2.44 bits per heavy atom. The standard InChI is InChI=1S/C21H22ClN3OS/c1-14(2)15-6-10-18(11-7-15)24-20(26)13-27-21-23-12-19(25(21)3)16-4-8-17(22)9-5-16/h4-12,14H,13H2,1-3H3,(H,24,26). The highest BCUT2D eigenvalue weighted by molar-refractivity contribution is 7.99. The highest BCUT2D eigenvalue weighted by atomic mass is 35.5. The van der Waals surface area contributed by atoms with E-state index in [9.17, 15) is 4.79 Å². The first-order chi connectivity index (χ1) is 12.9. The molecule has 0 fully saturated rings. The van der Waals surface area contributed by atoms with E-state index >= 15 is 0 Å². The number of aromatic nitrogens is 2. The molecule has 1 aromatic heterocycles. The normalized spacial score (nSPS) is 11.0. The minimum Gasteiger partial charge on any atom is -0.325 e. The number of hydrogen-bond donors (Lipinski definition) is 1. The largest absolute Gasteiger partial charge is 0.325 e. The van der Waals surface area contributed by atoms with E-state index in [0.29, 0.717) is 16.7 Å². The first kappa shape index (κ1) is 19.5. The first-order valence-corrected chi connectivity index (χ1v) is 10.1. The van der Waals surface area contributed by atoms with Crippen LogP contribution in [0.15, 0.2) is 59.9 Å². The summed E-state index contributed by atoms with van der Waals surface area (Å²) in [5, 5.41) is 4.43. The molecule has 0 atom stereocenters. The van der Waals surface area contributed by atoms with Gasteiger partial charge in [0, 0.05) is 17.8 Å². The van der Waals surface area contributed by atoms with Crippen molar-refractivity contribution in [2.45, 2.75) is 24.9 Å². The number of hydrogen-bond acceptors (Lipinski definition) is 3. The van der Waals surface area contributed by atoms with Crippen molar-refractivity contribution in [2.24, 2.45) is 7.05 Å². The smallest absolute Gasteiger partial charge is 0.234 e. The Bertz CT molecular complexity index is 918. The van der Waals surface area contributed by atoms with Gasteiger partial charge in [0.25, 0.3) is 0 Å². The maximum Gasteiger partial charge on any atom is 0.234 e. The van der Waals surface area contributed by atoms with E-state index in [1.807, 2.05) is 66.3 Å². The van der Waals surface area contributed by atoms with Gasteiger partial charge in [0.1, 0.15) is 0 Å². The summed E-state index contributed by atoms with van der Waals surface area (Å²) in [6, 6.07) is 15.6. The predicted molar refractivity (Wildman–Crippen MR) is 114 cm³/mol. The molecule has 4 nitrogen and oxygen atoms in total. The van der Waals surface area contributed by atoms with Gasteiger partial charge in [-0.15, -0.1) is 0 Å². The molecule has 0 radical (unpaired) electrons. The third-order valence-corrected chi connectivity index (χ3v) is 5.57. The van der Waals surface area contributed by atoms with Crippen molar-refractivity contribution in [3.63, 3.8) is 0 Å². The van der Waals surface area contributed by atoms with Crippen LogP contribution < -0.4 is 5.32 Å². The van der Waals surface area contributed by atoms with Crippen LogP contribution in [0.25, 0.3) is 11.3 Å². The molecule has 0 saturated carbocycles. The Hall–Kier alpha value is -2.24. The van der Waals surface area contributed by atoms with E-state index in [4.69, 9.17) is 11.6 Å². The van der Waals surface area contributed by atoms with Crippen LogP contribution in [-0.2, 0) is 11.8 Å². The van der Waals surface area contributed by atoms with Gasteiger partial charge in [-0.3, -0.25) is 4.79 Å². The molecule has 140 valence electrons. The van der Waals surface area contributed by atoms with E-state index in [2.05, 4.69) is 24.1 Å². The van der Waals surface area contributed by atoms with Crippen molar-refractivity contribution in [3.8, 4) is 11.3 Å². The molecular weight excluding hydrogens is 378 g/mol. The number of imidazole rings is 1. The molecule has 27 heavy (non-hydrogen) atoms. The Kier molecular flexibility index (Phi) is 6.24. The zero-order chi connectivity index (χ0) is 19.4. The molecule has 3 rings (SSSR count). The second-order valence-corrected chi connectivity index (χ2v) is 7.98. The summed E-state index contributed by atoms with van der Waals surface area (Å²) < 4.78 is 1.98. The maximum atomic E-state index is 12.2. The molecule has 3 aromatic rings. The molecule has 0 saturated heterocycles. The summed E-state index contributed by atoms with van der Waals surface area (Å²) in [4.78, 5) is 16.7.